The van der Waals surface area contributed by atoms with Gasteiger partial charge in [0.15, 0.2) is 9.84 Å². The van der Waals surface area contributed by atoms with E-state index in [1.165, 1.54) is 12.1 Å². The average molecular weight is 468 g/mol. The number of benzene rings is 3. The van der Waals surface area contributed by atoms with Gasteiger partial charge in [-0.2, -0.15) is 0 Å². The highest BCUT2D eigenvalue weighted by atomic mass is 32.2. The third kappa shape index (κ3) is 7.00. The van der Waals surface area contributed by atoms with Crippen molar-refractivity contribution in [2.24, 2.45) is 5.92 Å². The Bertz CT molecular complexity index is 1200. The van der Waals surface area contributed by atoms with Crippen molar-refractivity contribution in [2.45, 2.75) is 11.8 Å². The number of nitro groups is 1. The fraction of sp³-hybridized carbons (Fsp3) is 0.200. The third-order valence-corrected chi connectivity index (χ3v) is 6.93. The topological polar surface area (TPSA) is 107 Å². The molecule has 0 aliphatic carbocycles. The van der Waals surface area contributed by atoms with Gasteiger partial charge in [-0.1, -0.05) is 42.0 Å². The molecule has 1 N–H and O–H groups in total. The second-order valence-corrected chi connectivity index (χ2v) is 9.74. The molecule has 0 saturated heterocycles. The molecular formula is C25H25NO6S. The van der Waals surface area contributed by atoms with Gasteiger partial charge in [0.2, 0.25) is 0 Å². The molecule has 0 saturated carbocycles. The monoisotopic (exact) mass is 467 g/mol. The lowest BCUT2D eigenvalue weighted by Crippen LogP contribution is -2.25. The Balaban J connectivity index is 1.56. The summed E-state index contributed by atoms with van der Waals surface area (Å²) in [6.45, 7) is 1.65. The van der Waals surface area contributed by atoms with Crippen molar-refractivity contribution in [1.82, 2.24) is 0 Å². The van der Waals surface area contributed by atoms with Crippen LogP contribution in [-0.4, -0.2) is 37.4 Å². The molecule has 0 aromatic heterocycles. The molecule has 0 bridgehead atoms. The van der Waals surface area contributed by atoms with Crippen molar-refractivity contribution in [3.8, 4) is 5.75 Å². The number of hydrogen-bond acceptors (Lipinski definition) is 6. The Morgan fingerprint density at radius 1 is 0.939 bits per heavy atom. The normalized spacial score (nSPS) is 12.5. The summed E-state index contributed by atoms with van der Waals surface area (Å²) in [7, 11) is -3.53. The van der Waals surface area contributed by atoms with Crippen molar-refractivity contribution in [1.29, 1.82) is 0 Å². The fourth-order valence-corrected chi connectivity index (χ4v) is 4.66. The van der Waals surface area contributed by atoms with Crippen molar-refractivity contribution in [2.75, 3.05) is 19.0 Å². The highest BCUT2D eigenvalue weighted by Gasteiger charge is 2.21. The van der Waals surface area contributed by atoms with Gasteiger partial charge in [-0.25, -0.2) is 8.42 Å². The van der Waals surface area contributed by atoms with Crippen LogP contribution >= 0.6 is 0 Å². The molecule has 0 radical (unpaired) electrons. The Kier molecular flexibility index (Phi) is 7.97. The van der Waals surface area contributed by atoms with E-state index in [1.54, 1.807) is 48.5 Å². The molecule has 7 nitrogen and oxygen atoms in total. The van der Waals surface area contributed by atoms with Gasteiger partial charge in [0.05, 0.1) is 28.8 Å². The quantitative estimate of drug-likeness (QED) is 0.267. The van der Waals surface area contributed by atoms with E-state index in [2.05, 4.69) is 0 Å². The Morgan fingerprint density at radius 3 is 2.00 bits per heavy atom. The maximum absolute atomic E-state index is 12.6. The summed E-state index contributed by atoms with van der Waals surface area (Å²) in [4.78, 5) is 10.5. The van der Waals surface area contributed by atoms with Crippen molar-refractivity contribution >= 4 is 27.7 Å². The van der Waals surface area contributed by atoms with Gasteiger partial charge >= 0.3 is 0 Å². The Morgan fingerprint density at radius 2 is 1.48 bits per heavy atom. The summed E-state index contributed by atoms with van der Waals surface area (Å²) >= 11 is 0. The SMILES string of the molecule is Cc1ccc(S(=O)(=O)CC(CO)COc2ccc(/C=C/c3ccc([N+](=O)[O-])cc3)cc2)cc1. The second kappa shape index (κ2) is 10.9. The number of ether oxygens (including phenoxy) is 1. The number of nitrogens with zero attached hydrogens (tertiary/aromatic N) is 1. The first-order valence-corrected chi connectivity index (χ1v) is 12.0. The summed E-state index contributed by atoms with van der Waals surface area (Å²) in [5, 5.41) is 20.4. The molecule has 1 atom stereocenters. The van der Waals surface area contributed by atoms with Crippen molar-refractivity contribution < 1.29 is 23.2 Å². The number of non-ortho nitro benzene ring substituents is 1. The predicted molar refractivity (Wildman–Crippen MR) is 128 cm³/mol. The summed E-state index contributed by atoms with van der Waals surface area (Å²) in [6.07, 6.45) is 3.72. The van der Waals surface area contributed by atoms with Crippen LogP contribution < -0.4 is 4.74 Å². The second-order valence-electron chi connectivity index (χ2n) is 7.71. The van der Waals surface area contributed by atoms with Crippen molar-refractivity contribution in [3.05, 3.63) is 99.6 Å². The molecule has 172 valence electrons. The van der Waals surface area contributed by atoms with Crippen LogP contribution in [0.1, 0.15) is 16.7 Å². The zero-order valence-electron chi connectivity index (χ0n) is 18.1. The molecule has 8 heteroatoms. The van der Waals surface area contributed by atoms with Crippen LogP contribution in [0.5, 0.6) is 5.75 Å². The van der Waals surface area contributed by atoms with Crippen LogP contribution in [0, 0.1) is 23.0 Å². The third-order valence-electron chi connectivity index (χ3n) is 5.03. The number of rotatable bonds is 10. The van der Waals surface area contributed by atoms with Crippen LogP contribution in [-0.2, 0) is 9.84 Å². The summed E-state index contributed by atoms with van der Waals surface area (Å²) in [6, 6.07) is 20.1. The molecule has 1 unspecified atom stereocenters. The minimum absolute atomic E-state index is 0.0431. The van der Waals surface area contributed by atoms with E-state index in [4.69, 9.17) is 4.74 Å². The maximum atomic E-state index is 12.6. The fourth-order valence-electron chi connectivity index (χ4n) is 3.09. The lowest BCUT2D eigenvalue weighted by molar-refractivity contribution is -0.384. The number of sulfone groups is 1. The molecule has 0 spiro atoms. The first kappa shape index (κ1) is 24.2. The number of nitro benzene ring substituents is 1. The maximum Gasteiger partial charge on any atom is 0.269 e. The Labute approximate surface area is 193 Å². The van der Waals surface area contributed by atoms with E-state index < -0.39 is 20.7 Å². The van der Waals surface area contributed by atoms with E-state index in [1.807, 2.05) is 31.2 Å². The number of hydrogen-bond donors (Lipinski definition) is 1. The number of aryl methyl sites for hydroxylation is 1. The molecule has 0 aliphatic heterocycles. The van der Waals surface area contributed by atoms with Crippen LogP contribution in [0.2, 0.25) is 0 Å². The lowest BCUT2D eigenvalue weighted by atomic mass is 10.1. The highest BCUT2D eigenvalue weighted by Crippen LogP contribution is 2.19. The molecule has 0 amide bonds. The average Bonchev–Trinajstić information content (AvgIpc) is 2.81. The summed E-state index contributed by atoms with van der Waals surface area (Å²) < 4.78 is 30.9. The first-order valence-electron chi connectivity index (χ1n) is 10.3. The van der Waals surface area contributed by atoms with Gasteiger partial charge < -0.3 is 9.84 Å². The van der Waals surface area contributed by atoms with Gasteiger partial charge in [-0.3, -0.25) is 10.1 Å². The largest absolute Gasteiger partial charge is 0.493 e. The van der Waals surface area contributed by atoms with Gasteiger partial charge in [0, 0.05) is 18.1 Å². The van der Waals surface area contributed by atoms with Gasteiger partial charge in [0.25, 0.3) is 5.69 Å². The van der Waals surface area contributed by atoms with Gasteiger partial charge in [-0.15, -0.1) is 0 Å². The molecule has 0 fully saturated rings. The lowest BCUT2D eigenvalue weighted by Gasteiger charge is -2.16. The molecule has 0 aliphatic rings. The van der Waals surface area contributed by atoms with Crippen LogP contribution in [0.15, 0.2) is 77.7 Å². The predicted octanol–water partition coefficient (Wildman–Crippen LogP) is 4.53. The van der Waals surface area contributed by atoms with Gasteiger partial charge in [0.1, 0.15) is 5.75 Å². The molecule has 3 aromatic carbocycles. The molecule has 0 heterocycles. The highest BCUT2D eigenvalue weighted by molar-refractivity contribution is 7.91. The first-order chi connectivity index (χ1) is 15.8. The van der Waals surface area contributed by atoms with E-state index in [9.17, 15) is 23.6 Å². The molecule has 33 heavy (non-hydrogen) atoms. The number of aliphatic hydroxyl groups is 1. The minimum Gasteiger partial charge on any atom is -0.493 e. The van der Waals surface area contributed by atoms with E-state index in [0.717, 1.165) is 16.7 Å². The molecular weight excluding hydrogens is 442 g/mol. The molecule has 3 aromatic rings. The van der Waals surface area contributed by atoms with Crippen molar-refractivity contribution in [3.63, 3.8) is 0 Å². The smallest absolute Gasteiger partial charge is 0.269 e. The molecule has 3 rings (SSSR count). The minimum atomic E-state index is -3.53. The summed E-state index contributed by atoms with van der Waals surface area (Å²) in [5.41, 5.74) is 2.76. The van der Waals surface area contributed by atoms with E-state index in [-0.39, 0.29) is 29.5 Å². The van der Waals surface area contributed by atoms with Crippen LogP contribution in [0.25, 0.3) is 12.2 Å². The number of aliphatic hydroxyl groups excluding tert-OH is 1. The standard InChI is InChI=1S/C25H25NO6S/c1-19-2-14-25(15-3-19)33(30,31)18-22(16-27)17-32-24-12-8-21(9-13-24)5-4-20-6-10-23(11-7-20)26(28)29/h2-15,22,27H,16-18H2,1H3/b5-4+. The van der Waals surface area contributed by atoms with Crippen LogP contribution in [0.3, 0.4) is 0 Å². The Hall–Kier alpha value is -3.49. The van der Waals surface area contributed by atoms with E-state index in [0.29, 0.717) is 5.75 Å². The van der Waals surface area contributed by atoms with Crippen LogP contribution in [0.4, 0.5) is 5.69 Å². The van der Waals surface area contributed by atoms with Gasteiger partial charge in [-0.05, 0) is 54.4 Å². The van der Waals surface area contributed by atoms with E-state index >= 15 is 0 Å². The zero-order chi connectivity index (χ0) is 23.8. The zero-order valence-corrected chi connectivity index (χ0v) is 18.9. The summed E-state index contributed by atoms with van der Waals surface area (Å²) in [5.74, 6) is -0.200.